The predicted molar refractivity (Wildman–Crippen MR) is 83.9 cm³/mol. The first-order chi connectivity index (χ1) is 11.1. The van der Waals surface area contributed by atoms with Crippen molar-refractivity contribution in [1.29, 1.82) is 0 Å². The third-order valence-corrected chi connectivity index (χ3v) is 5.67. The highest BCUT2D eigenvalue weighted by Crippen LogP contribution is 2.56. The zero-order chi connectivity index (χ0) is 17.7. The van der Waals surface area contributed by atoms with Crippen LogP contribution in [0.4, 0.5) is 22.7 Å². The van der Waals surface area contributed by atoms with Crippen molar-refractivity contribution >= 4 is 33.7 Å². The molecule has 2 heterocycles. The van der Waals surface area contributed by atoms with Gasteiger partial charge in [-0.1, -0.05) is 0 Å². The quantitative estimate of drug-likeness (QED) is 0.796. The zero-order valence-electron chi connectivity index (χ0n) is 12.7. The van der Waals surface area contributed by atoms with Crippen LogP contribution in [-0.4, -0.2) is 27.7 Å². The van der Waals surface area contributed by atoms with Gasteiger partial charge in [0.2, 0.25) is 5.91 Å². The van der Waals surface area contributed by atoms with Gasteiger partial charge < -0.3 is 5.32 Å². The first-order valence-electron chi connectivity index (χ1n) is 7.05. The second-order valence-corrected chi connectivity index (χ2v) is 7.73. The van der Waals surface area contributed by atoms with E-state index in [1.165, 1.54) is 11.3 Å². The van der Waals surface area contributed by atoms with Crippen molar-refractivity contribution in [1.82, 2.24) is 9.97 Å². The van der Waals surface area contributed by atoms with Crippen molar-refractivity contribution in [2.24, 2.45) is 5.92 Å². The van der Waals surface area contributed by atoms with Crippen molar-refractivity contribution in [2.75, 3.05) is 5.32 Å². The summed E-state index contributed by atoms with van der Waals surface area (Å²) in [5.74, 6) is -10.5. The molecule has 2 aromatic rings. The molecule has 24 heavy (non-hydrogen) atoms. The summed E-state index contributed by atoms with van der Waals surface area (Å²) in [4.78, 5) is 21.2. The number of alkyl halides is 4. The van der Waals surface area contributed by atoms with E-state index in [0.29, 0.717) is 5.69 Å². The molecule has 1 saturated carbocycles. The summed E-state index contributed by atoms with van der Waals surface area (Å²) in [6.45, 7) is 3.71. The lowest BCUT2D eigenvalue weighted by Gasteiger charge is -2.43. The molecule has 10 heteroatoms. The Morgan fingerprint density at radius 3 is 2.58 bits per heavy atom. The van der Waals surface area contributed by atoms with Crippen LogP contribution in [0.3, 0.4) is 0 Å². The van der Waals surface area contributed by atoms with E-state index in [4.69, 9.17) is 0 Å². The molecule has 1 aliphatic carbocycles. The molecule has 1 unspecified atom stereocenters. The van der Waals surface area contributed by atoms with Crippen molar-refractivity contribution in [3.05, 3.63) is 16.1 Å². The Balaban J connectivity index is 1.63. The topological polar surface area (TPSA) is 54.9 Å². The summed E-state index contributed by atoms with van der Waals surface area (Å²) in [6, 6.07) is 0. The molecular formula is C14H13F4N3OS2. The van der Waals surface area contributed by atoms with Gasteiger partial charge in [0.1, 0.15) is 0 Å². The molecule has 0 aliphatic heterocycles. The van der Waals surface area contributed by atoms with E-state index in [0.717, 1.165) is 26.9 Å². The number of hydrogen-bond acceptors (Lipinski definition) is 5. The summed E-state index contributed by atoms with van der Waals surface area (Å²) in [5, 5.41) is 5.25. The number of thiazole rings is 2. The van der Waals surface area contributed by atoms with E-state index in [-0.39, 0.29) is 5.13 Å². The van der Waals surface area contributed by atoms with Gasteiger partial charge in [0.05, 0.1) is 21.3 Å². The second kappa shape index (κ2) is 5.76. The summed E-state index contributed by atoms with van der Waals surface area (Å²) in [6.07, 6.45) is -1.63. The van der Waals surface area contributed by atoms with Crippen LogP contribution >= 0.6 is 22.7 Å². The predicted octanol–water partition coefficient (Wildman–Crippen LogP) is 4.50. The van der Waals surface area contributed by atoms with Gasteiger partial charge in [0, 0.05) is 24.1 Å². The molecule has 0 aromatic carbocycles. The Labute approximate surface area is 142 Å². The van der Waals surface area contributed by atoms with E-state index in [1.54, 1.807) is 5.38 Å². The van der Waals surface area contributed by atoms with Gasteiger partial charge in [-0.2, -0.15) is 17.6 Å². The van der Waals surface area contributed by atoms with Gasteiger partial charge in [-0.3, -0.25) is 4.79 Å². The molecule has 130 valence electrons. The lowest BCUT2D eigenvalue weighted by Crippen LogP contribution is -2.59. The van der Waals surface area contributed by atoms with Gasteiger partial charge in [-0.05, 0) is 13.8 Å². The fourth-order valence-electron chi connectivity index (χ4n) is 2.54. The largest absolute Gasteiger partial charge is 0.313 e. The molecule has 0 spiro atoms. The molecule has 0 bridgehead atoms. The average molecular weight is 379 g/mol. The molecule has 4 nitrogen and oxygen atoms in total. The minimum atomic E-state index is -4.13. The number of aromatic nitrogens is 2. The SMILES string of the molecule is Cc1nc(C)c(-c2csc(NC(=O)CC3CC(F)(F)C3(F)F)n2)s1. The van der Waals surface area contributed by atoms with Crippen LogP contribution in [-0.2, 0) is 4.79 Å². The number of rotatable bonds is 4. The van der Waals surface area contributed by atoms with Crippen LogP contribution in [0, 0.1) is 19.8 Å². The number of carbonyl (C=O) groups excluding carboxylic acids is 1. The second-order valence-electron chi connectivity index (χ2n) is 5.67. The Morgan fingerprint density at radius 1 is 1.33 bits per heavy atom. The third-order valence-electron chi connectivity index (χ3n) is 3.82. The molecule has 1 amide bonds. The highest BCUT2D eigenvalue weighted by molar-refractivity contribution is 7.16. The van der Waals surface area contributed by atoms with Crippen LogP contribution in [0.5, 0.6) is 0 Å². The molecule has 0 radical (unpaired) electrons. The lowest BCUT2D eigenvalue weighted by atomic mass is 9.74. The fraction of sp³-hybridized carbons (Fsp3) is 0.500. The molecule has 1 N–H and O–H groups in total. The number of nitrogens with zero attached hydrogens (tertiary/aromatic N) is 2. The van der Waals surface area contributed by atoms with Gasteiger partial charge in [0.25, 0.3) is 0 Å². The molecule has 0 saturated heterocycles. The minimum Gasteiger partial charge on any atom is -0.302 e. The first-order valence-corrected chi connectivity index (χ1v) is 8.75. The zero-order valence-corrected chi connectivity index (χ0v) is 14.3. The van der Waals surface area contributed by atoms with Crippen LogP contribution in [0.25, 0.3) is 10.6 Å². The minimum absolute atomic E-state index is 0.245. The Hall–Kier alpha value is -1.55. The number of nitrogens with one attached hydrogen (secondary N) is 1. The van der Waals surface area contributed by atoms with Crippen LogP contribution in [0.2, 0.25) is 0 Å². The van der Waals surface area contributed by atoms with Gasteiger partial charge in [0.15, 0.2) is 5.13 Å². The molecule has 2 aromatic heterocycles. The monoisotopic (exact) mass is 379 g/mol. The number of amides is 1. The summed E-state index contributed by atoms with van der Waals surface area (Å²) in [5.41, 5.74) is 1.45. The maximum atomic E-state index is 13.2. The Bertz CT molecular complexity index is 787. The van der Waals surface area contributed by atoms with E-state index < -0.39 is 36.5 Å². The van der Waals surface area contributed by atoms with Crippen LogP contribution in [0.15, 0.2) is 5.38 Å². The standard InChI is InChI=1S/C14H13F4N3OS2/c1-6-11(24-7(2)19-6)9-5-23-12(20-9)21-10(22)3-8-4-13(15,16)14(8,17)18/h5,8H,3-4H2,1-2H3,(H,20,21,22). The van der Waals surface area contributed by atoms with Gasteiger partial charge in [-0.15, -0.1) is 22.7 Å². The summed E-state index contributed by atoms with van der Waals surface area (Å²) < 4.78 is 52.0. The molecule has 1 aliphatic rings. The fourth-order valence-corrected chi connectivity index (χ4v) is 4.21. The van der Waals surface area contributed by atoms with Gasteiger partial charge >= 0.3 is 11.8 Å². The molecule has 1 atom stereocenters. The van der Waals surface area contributed by atoms with Gasteiger partial charge in [-0.25, -0.2) is 9.97 Å². The normalized spacial score (nSPS) is 21.3. The molecule has 1 fully saturated rings. The number of aryl methyl sites for hydroxylation is 2. The lowest BCUT2D eigenvalue weighted by molar-refractivity contribution is -0.313. The van der Waals surface area contributed by atoms with Crippen molar-refractivity contribution < 1.29 is 22.4 Å². The highest BCUT2D eigenvalue weighted by Gasteiger charge is 2.71. The highest BCUT2D eigenvalue weighted by atomic mass is 32.1. The van der Waals surface area contributed by atoms with E-state index >= 15 is 0 Å². The van der Waals surface area contributed by atoms with Crippen LogP contribution in [0.1, 0.15) is 23.5 Å². The average Bonchev–Trinajstić information content (AvgIpc) is 3.04. The summed E-state index contributed by atoms with van der Waals surface area (Å²) >= 11 is 2.60. The molecular weight excluding hydrogens is 366 g/mol. The number of anilines is 1. The first kappa shape index (κ1) is 17.3. The molecule has 3 rings (SSSR count). The van der Waals surface area contributed by atoms with Crippen LogP contribution < -0.4 is 5.32 Å². The number of halogens is 4. The van der Waals surface area contributed by atoms with E-state index in [2.05, 4.69) is 15.3 Å². The smallest absolute Gasteiger partial charge is 0.302 e. The van der Waals surface area contributed by atoms with Crippen molar-refractivity contribution in [3.63, 3.8) is 0 Å². The Morgan fingerprint density at radius 2 is 2.04 bits per heavy atom. The third kappa shape index (κ3) is 2.92. The van der Waals surface area contributed by atoms with E-state index in [1.807, 2.05) is 13.8 Å². The van der Waals surface area contributed by atoms with E-state index in [9.17, 15) is 22.4 Å². The summed E-state index contributed by atoms with van der Waals surface area (Å²) in [7, 11) is 0. The number of carbonyl (C=O) groups is 1. The maximum absolute atomic E-state index is 13.2. The van der Waals surface area contributed by atoms with Crippen molar-refractivity contribution in [3.8, 4) is 10.6 Å². The maximum Gasteiger partial charge on any atom is 0.313 e. The Kier molecular flexibility index (Phi) is 4.15. The number of hydrogen-bond donors (Lipinski definition) is 1. The van der Waals surface area contributed by atoms with Crippen molar-refractivity contribution in [2.45, 2.75) is 38.5 Å².